The highest BCUT2D eigenvalue weighted by atomic mass is 32.2. The van der Waals surface area contributed by atoms with E-state index in [1.165, 1.54) is 10.5 Å². The second-order valence-electron chi connectivity index (χ2n) is 6.85. The fourth-order valence-electron chi connectivity index (χ4n) is 3.11. The summed E-state index contributed by atoms with van der Waals surface area (Å²) in [7, 11) is -1.98. The van der Waals surface area contributed by atoms with Crippen molar-refractivity contribution in [1.82, 2.24) is 23.4 Å². The molecule has 1 saturated heterocycles. The third kappa shape index (κ3) is 4.12. The lowest BCUT2D eigenvalue weighted by molar-refractivity contribution is -0.141. The first-order valence-corrected chi connectivity index (χ1v) is 10.1. The van der Waals surface area contributed by atoms with Gasteiger partial charge >= 0.3 is 6.18 Å². The Kier molecular flexibility index (Phi) is 5.36. The average molecular weight is 419 g/mol. The summed E-state index contributed by atoms with van der Waals surface area (Å²) in [6.45, 7) is 2.42. The summed E-state index contributed by atoms with van der Waals surface area (Å²) in [5.74, 6) is 0.552. The van der Waals surface area contributed by atoms with Crippen LogP contribution in [0.25, 0.3) is 0 Å². The first kappa shape index (κ1) is 20.5. The molecule has 1 fully saturated rings. The van der Waals surface area contributed by atoms with Crippen molar-refractivity contribution in [2.45, 2.75) is 37.5 Å². The van der Waals surface area contributed by atoms with Gasteiger partial charge in [0.05, 0.1) is 6.33 Å². The molecule has 154 valence electrons. The lowest BCUT2D eigenvalue weighted by Crippen LogP contribution is -2.40. The van der Waals surface area contributed by atoms with Gasteiger partial charge in [-0.05, 0) is 25.7 Å². The predicted molar refractivity (Wildman–Crippen MR) is 92.9 cm³/mol. The van der Waals surface area contributed by atoms with E-state index in [9.17, 15) is 26.4 Å². The smallest absolute Gasteiger partial charge is 0.337 e. The number of hydrogen-bond donors (Lipinski definition) is 0. The fourth-order valence-corrected chi connectivity index (χ4v) is 4.61. The van der Waals surface area contributed by atoms with Crippen LogP contribution in [-0.4, -0.2) is 44.9 Å². The number of nitrogens with zero attached hydrogens (tertiary/aromatic N) is 5. The van der Waals surface area contributed by atoms with Crippen LogP contribution in [0.4, 0.5) is 13.2 Å². The second-order valence-corrected chi connectivity index (χ2v) is 8.73. The molecule has 3 heterocycles. The van der Waals surface area contributed by atoms with Crippen molar-refractivity contribution >= 4 is 10.0 Å². The molecule has 3 rings (SSSR count). The summed E-state index contributed by atoms with van der Waals surface area (Å²) >= 11 is 0. The van der Waals surface area contributed by atoms with Crippen LogP contribution in [0.15, 0.2) is 28.4 Å². The Hall–Kier alpha value is -2.21. The lowest BCUT2D eigenvalue weighted by atomic mass is 9.98. The van der Waals surface area contributed by atoms with Gasteiger partial charge in [0, 0.05) is 38.9 Å². The van der Waals surface area contributed by atoms with Gasteiger partial charge in [-0.25, -0.2) is 18.4 Å². The van der Waals surface area contributed by atoms with Gasteiger partial charge in [-0.2, -0.15) is 17.5 Å². The maximum absolute atomic E-state index is 12.7. The van der Waals surface area contributed by atoms with Crippen LogP contribution < -0.4 is 5.56 Å². The van der Waals surface area contributed by atoms with Crippen LogP contribution in [0.3, 0.4) is 0 Å². The molecule has 0 N–H and O–H groups in total. The van der Waals surface area contributed by atoms with Crippen LogP contribution in [0.1, 0.15) is 24.4 Å². The topological polar surface area (TPSA) is 90.1 Å². The van der Waals surface area contributed by atoms with E-state index in [-0.39, 0.29) is 30.6 Å². The minimum Gasteiger partial charge on any atom is -0.337 e. The van der Waals surface area contributed by atoms with Crippen molar-refractivity contribution in [3.63, 3.8) is 0 Å². The third-order valence-corrected chi connectivity index (χ3v) is 6.66. The number of aromatic nitrogens is 4. The number of halogens is 3. The van der Waals surface area contributed by atoms with Crippen molar-refractivity contribution in [3.8, 4) is 0 Å². The van der Waals surface area contributed by atoms with Gasteiger partial charge in [0.2, 0.25) is 0 Å². The Labute approximate surface area is 159 Å². The lowest BCUT2D eigenvalue weighted by Gasteiger charge is -2.30. The number of alkyl halides is 3. The monoisotopic (exact) mass is 419 g/mol. The molecule has 0 radical (unpaired) electrons. The van der Waals surface area contributed by atoms with E-state index in [0.29, 0.717) is 24.7 Å². The molecule has 2 aromatic heterocycles. The normalized spacial score (nSPS) is 17.2. The Balaban J connectivity index is 1.65. The van der Waals surface area contributed by atoms with Gasteiger partial charge in [0.25, 0.3) is 15.6 Å². The molecule has 28 heavy (non-hydrogen) atoms. The highest BCUT2D eigenvalue weighted by molar-refractivity contribution is 7.89. The summed E-state index contributed by atoms with van der Waals surface area (Å²) in [6.07, 6.45) is -1.34. The Morgan fingerprint density at radius 2 is 1.89 bits per heavy atom. The van der Waals surface area contributed by atoms with Crippen molar-refractivity contribution in [2.75, 3.05) is 13.1 Å². The minimum atomic E-state index is -4.66. The second kappa shape index (κ2) is 7.32. The molecule has 0 bridgehead atoms. The summed E-state index contributed by atoms with van der Waals surface area (Å²) in [4.78, 5) is 19.3. The number of imidazole rings is 1. The number of hydrogen-bond acceptors (Lipinski definition) is 5. The molecule has 8 nitrogen and oxygen atoms in total. The molecule has 2 aromatic rings. The largest absolute Gasteiger partial charge is 0.433 e. The van der Waals surface area contributed by atoms with Gasteiger partial charge in [-0.1, -0.05) is 0 Å². The first-order valence-electron chi connectivity index (χ1n) is 8.62. The van der Waals surface area contributed by atoms with E-state index < -0.39 is 27.5 Å². The van der Waals surface area contributed by atoms with Crippen molar-refractivity contribution in [3.05, 3.63) is 40.5 Å². The maximum atomic E-state index is 12.7. The first-order chi connectivity index (χ1) is 13.0. The zero-order valence-corrected chi connectivity index (χ0v) is 16.2. The van der Waals surface area contributed by atoms with Crippen LogP contribution in [-0.2, 0) is 29.8 Å². The molecule has 0 atom stereocenters. The van der Waals surface area contributed by atoms with Crippen molar-refractivity contribution in [1.29, 1.82) is 0 Å². The summed E-state index contributed by atoms with van der Waals surface area (Å²) in [5.41, 5.74) is -2.00. The molecule has 12 heteroatoms. The Morgan fingerprint density at radius 1 is 1.25 bits per heavy atom. The van der Waals surface area contributed by atoms with Crippen LogP contribution >= 0.6 is 0 Å². The molecule has 0 aromatic carbocycles. The summed E-state index contributed by atoms with van der Waals surface area (Å²) < 4.78 is 67.3. The Morgan fingerprint density at radius 3 is 2.39 bits per heavy atom. The molecule has 1 aliphatic heterocycles. The molecule has 0 unspecified atom stereocenters. The third-order valence-electron chi connectivity index (χ3n) is 4.89. The van der Waals surface area contributed by atoms with Gasteiger partial charge in [0.1, 0.15) is 5.82 Å². The summed E-state index contributed by atoms with van der Waals surface area (Å²) in [5, 5.41) is -0.00545. The fraction of sp³-hybridized carbons (Fsp3) is 0.562. The van der Waals surface area contributed by atoms with Gasteiger partial charge < -0.3 is 4.57 Å². The van der Waals surface area contributed by atoms with E-state index in [1.54, 1.807) is 18.5 Å². The number of piperidine rings is 1. The van der Waals surface area contributed by atoms with Gasteiger partial charge in [-0.3, -0.25) is 9.36 Å². The standard InChI is InChI=1S/C16H20F3N5O3S/c1-11-21-14(9-22(11)2)28(26,27)24-5-3-12(4-6-24)8-23-10-20-13(7-15(23)25)16(17,18)19/h7,9-10,12H,3-6,8H2,1-2H3. The molecular formula is C16H20F3N5O3S. The number of rotatable bonds is 4. The SMILES string of the molecule is Cc1nc(S(=O)(=O)N2CCC(Cn3cnc(C(F)(F)F)cc3=O)CC2)cn1C. The molecule has 0 aliphatic carbocycles. The van der Waals surface area contributed by atoms with E-state index in [4.69, 9.17) is 0 Å². The molecule has 0 spiro atoms. The quantitative estimate of drug-likeness (QED) is 0.748. The summed E-state index contributed by atoms with van der Waals surface area (Å²) in [6, 6.07) is 0.475. The van der Waals surface area contributed by atoms with E-state index in [1.807, 2.05) is 0 Å². The van der Waals surface area contributed by atoms with Crippen molar-refractivity contribution in [2.24, 2.45) is 13.0 Å². The average Bonchev–Trinajstić information content (AvgIpc) is 2.96. The van der Waals surface area contributed by atoms with Crippen LogP contribution in [0.2, 0.25) is 0 Å². The Bertz CT molecular complexity index is 1000. The number of aryl methyl sites for hydroxylation is 2. The number of sulfonamides is 1. The minimum absolute atomic E-state index is 0.00545. The highest BCUT2D eigenvalue weighted by Crippen LogP contribution is 2.27. The van der Waals surface area contributed by atoms with Gasteiger partial charge in [0.15, 0.2) is 10.7 Å². The zero-order chi connectivity index (χ0) is 20.7. The zero-order valence-electron chi connectivity index (χ0n) is 15.3. The van der Waals surface area contributed by atoms with Crippen LogP contribution in [0.5, 0.6) is 0 Å². The van der Waals surface area contributed by atoms with E-state index in [0.717, 1.165) is 10.9 Å². The highest BCUT2D eigenvalue weighted by Gasteiger charge is 2.34. The molecule has 0 saturated carbocycles. The maximum Gasteiger partial charge on any atom is 0.433 e. The van der Waals surface area contributed by atoms with Gasteiger partial charge in [-0.15, -0.1) is 0 Å². The molecule has 1 aliphatic rings. The van der Waals surface area contributed by atoms with Crippen molar-refractivity contribution < 1.29 is 21.6 Å². The van der Waals surface area contributed by atoms with E-state index >= 15 is 0 Å². The van der Waals surface area contributed by atoms with E-state index in [2.05, 4.69) is 9.97 Å². The molecule has 0 amide bonds. The molecular weight excluding hydrogens is 399 g/mol. The van der Waals surface area contributed by atoms with Crippen LogP contribution in [0, 0.1) is 12.8 Å². The predicted octanol–water partition coefficient (Wildman–Crippen LogP) is 1.40.